The molecule has 14 heavy (non-hydrogen) atoms. The monoisotopic (exact) mass is 254 g/mol. The third-order valence-corrected chi connectivity index (χ3v) is 2.22. The summed E-state index contributed by atoms with van der Waals surface area (Å²) < 4.78 is 12.8. The van der Waals surface area contributed by atoms with Crippen LogP contribution >= 0.6 is 34.8 Å². The van der Waals surface area contributed by atoms with Crippen LogP contribution in [0.2, 0.25) is 10.0 Å². The van der Waals surface area contributed by atoms with E-state index in [0.717, 1.165) is 12.1 Å². The molecule has 0 radical (unpaired) electrons. The Balaban J connectivity index is 3.21. The molecule has 0 saturated carbocycles. The molecule has 0 unspecified atom stereocenters. The molecule has 0 atom stereocenters. The van der Waals surface area contributed by atoms with Gasteiger partial charge < -0.3 is 5.73 Å². The summed E-state index contributed by atoms with van der Waals surface area (Å²) >= 11 is 16.8. The van der Waals surface area contributed by atoms with Crippen LogP contribution in [-0.2, 0) is 0 Å². The molecule has 1 aromatic rings. The number of aliphatic imine (C=N–C) groups is 1. The van der Waals surface area contributed by atoms with Gasteiger partial charge in [0.05, 0.1) is 15.9 Å². The van der Waals surface area contributed by atoms with Crippen LogP contribution in [0.25, 0.3) is 0 Å². The van der Waals surface area contributed by atoms with Crippen LogP contribution < -0.4 is 5.73 Å². The first-order valence-corrected chi connectivity index (χ1v) is 4.87. The highest BCUT2D eigenvalue weighted by Gasteiger charge is 2.07. The van der Waals surface area contributed by atoms with Gasteiger partial charge in [0.25, 0.3) is 0 Å². The molecular formula is C8H6Cl3FN2. The molecule has 0 saturated heterocycles. The smallest absolute Gasteiger partial charge is 0.126 e. The van der Waals surface area contributed by atoms with Crippen molar-refractivity contribution < 1.29 is 4.39 Å². The standard InChI is InChI=1S/C8H6Cl3FN2/c9-3-7(13)14-8-5(10)1-4(12)2-6(8)11/h1-2H,3H2,(H2,13,14). The third kappa shape index (κ3) is 2.74. The molecule has 0 aliphatic rings. The van der Waals surface area contributed by atoms with Crippen LogP contribution in [0.4, 0.5) is 10.1 Å². The zero-order chi connectivity index (χ0) is 10.7. The maximum absolute atomic E-state index is 12.8. The molecule has 0 fully saturated rings. The Morgan fingerprint density at radius 3 is 2.29 bits per heavy atom. The lowest BCUT2D eigenvalue weighted by molar-refractivity contribution is 0.628. The number of nitrogens with zero attached hydrogens (tertiary/aromatic N) is 1. The van der Waals surface area contributed by atoms with Gasteiger partial charge in [-0.25, -0.2) is 9.38 Å². The van der Waals surface area contributed by atoms with Crippen molar-refractivity contribution >= 4 is 46.3 Å². The second-order valence-corrected chi connectivity index (χ2v) is 3.54. The van der Waals surface area contributed by atoms with Crippen molar-refractivity contribution in [3.8, 4) is 0 Å². The van der Waals surface area contributed by atoms with Crippen molar-refractivity contribution in [2.45, 2.75) is 0 Å². The molecule has 0 aliphatic carbocycles. The Bertz CT molecular complexity index is 356. The molecule has 0 aromatic heterocycles. The Hall–Kier alpha value is -0.510. The lowest BCUT2D eigenvalue weighted by Crippen LogP contribution is -2.12. The van der Waals surface area contributed by atoms with E-state index in [1.807, 2.05) is 0 Å². The number of halogens is 4. The molecule has 0 heterocycles. The number of benzene rings is 1. The molecule has 0 bridgehead atoms. The summed E-state index contributed by atoms with van der Waals surface area (Å²) in [6.45, 7) is 0. The molecule has 1 aromatic carbocycles. The first kappa shape index (κ1) is 11.6. The lowest BCUT2D eigenvalue weighted by Gasteiger charge is -2.02. The Morgan fingerprint density at radius 2 is 1.86 bits per heavy atom. The van der Waals surface area contributed by atoms with Crippen LogP contribution in [0.1, 0.15) is 0 Å². The molecule has 0 aliphatic heterocycles. The number of hydrogen-bond donors (Lipinski definition) is 1. The highest BCUT2D eigenvalue weighted by Crippen LogP contribution is 2.33. The van der Waals surface area contributed by atoms with E-state index in [1.54, 1.807) is 0 Å². The van der Waals surface area contributed by atoms with Crippen molar-refractivity contribution in [3.63, 3.8) is 0 Å². The third-order valence-electron chi connectivity index (χ3n) is 1.37. The molecule has 6 heteroatoms. The largest absolute Gasteiger partial charge is 0.386 e. The van der Waals surface area contributed by atoms with E-state index >= 15 is 0 Å². The summed E-state index contributed by atoms with van der Waals surface area (Å²) in [7, 11) is 0. The van der Waals surface area contributed by atoms with E-state index in [4.69, 9.17) is 40.5 Å². The molecule has 0 amide bonds. The van der Waals surface area contributed by atoms with Crippen molar-refractivity contribution in [1.82, 2.24) is 0 Å². The average Bonchev–Trinajstić information content (AvgIpc) is 2.10. The van der Waals surface area contributed by atoms with Gasteiger partial charge in [-0.15, -0.1) is 11.6 Å². The van der Waals surface area contributed by atoms with E-state index in [-0.39, 0.29) is 27.4 Å². The van der Waals surface area contributed by atoms with E-state index in [9.17, 15) is 4.39 Å². The van der Waals surface area contributed by atoms with Gasteiger partial charge in [-0.05, 0) is 12.1 Å². The molecular weight excluding hydrogens is 249 g/mol. The van der Waals surface area contributed by atoms with Gasteiger partial charge in [0, 0.05) is 0 Å². The summed E-state index contributed by atoms with van der Waals surface area (Å²) in [4.78, 5) is 3.85. The van der Waals surface area contributed by atoms with Gasteiger partial charge in [0.15, 0.2) is 0 Å². The lowest BCUT2D eigenvalue weighted by atomic mass is 10.3. The minimum atomic E-state index is -0.525. The number of alkyl halides is 1. The topological polar surface area (TPSA) is 38.4 Å². The summed E-state index contributed by atoms with van der Waals surface area (Å²) in [5.74, 6) is -0.296. The minimum absolute atomic E-state index is 0.0596. The van der Waals surface area contributed by atoms with Crippen molar-refractivity contribution in [2.75, 3.05) is 5.88 Å². The highest BCUT2D eigenvalue weighted by atomic mass is 35.5. The number of nitrogens with two attached hydrogens (primary N) is 1. The first-order chi connectivity index (χ1) is 6.54. The van der Waals surface area contributed by atoms with Crippen LogP contribution in [0.3, 0.4) is 0 Å². The van der Waals surface area contributed by atoms with Crippen LogP contribution in [0.15, 0.2) is 17.1 Å². The van der Waals surface area contributed by atoms with E-state index < -0.39 is 5.82 Å². The summed E-state index contributed by atoms with van der Waals surface area (Å²) in [5, 5.41) is 0.200. The van der Waals surface area contributed by atoms with Gasteiger partial charge >= 0.3 is 0 Å². The van der Waals surface area contributed by atoms with Gasteiger partial charge in [0.2, 0.25) is 0 Å². The van der Waals surface area contributed by atoms with Gasteiger partial charge in [0.1, 0.15) is 17.3 Å². The predicted molar refractivity (Wildman–Crippen MR) is 58.4 cm³/mol. The normalized spacial score (nSPS) is 11.9. The van der Waals surface area contributed by atoms with Crippen molar-refractivity contribution in [2.24, 2.45) is 10.7 Å². The molecule has 76 valence electrons. The van der Waals surface area contributed by atoms with E-state index in [0.29, 0.717) is 0 Å². The van der Waals surface area contributed by atoms with Crippen LogP contribution in [-0.4, -0.2) is 11.7 Å². The Labute approximate surface area is 95.5 Å². The first-order valence-electron chi connectivity index (χ1n) is 3.58. The second kappa shape index (κ2) is 4.82. The maximum atomic E-state index is 12.8. The fourth-order valence-electron chi connectivity index (χ4n) is 0.815. The molecule has 2 nitrogen and oxygen atoms in total. The zero-order valence-electron chi connectivity index (χ0n) is 6.90. The second-order valence-electron chi connectivity index (χ2n) is 2.45. The van der Waals surface area contributed by atoms with Crippen molar-refractivity contribution in [3.05, 3.63) is 28.0 Å². The van der Waals surface area contributed by atoms with Gasteiger partial charge in [-0.1, -0.05) is 23.2 Å². The average molecular weight is 256 g/mol. The fourth-order valence-corrected chi connectivity index (χ4v) is 1.42. The highest BCUT2D eigenvalue weighted by molar-refractivity contribution is 6.39. The van der Waals surface area contributed by atoms with Crippen molar-refractivity contribution in [1.29, 1.82) is 0 Å². The SMILES string of the molecule is NC(CCl)=Nc1c(Cl)cc(F)cc1Cl. The zero-order valence-corrected chi connectivity index (χ0v) is 9.17. The van der Waals surface area contributed by atoms with E-state index in [1.165, 1.54) is 0 Å². The van der Waals surface area contributed by atoms with Gasteiger partial charge in [-0.2, -0.15) is 0 Å². The van der Waals surface area contributed by atoms with Crippen LogP contribution in [0.5, 0.6) is 0 Å². The van der Waals surface area contributed by atoms with Gasteiger partial charge in [-0.3, -0.25) is 0 Å². The summed E-state index contributed by atoms with van der Waals surface area (Å²) in [6.07, 6.45) is 0. The van der Waals surface area contributed by atoms with Crippen LogP contribution in [0, 0.1) is 5.82 Å². The summed E-state index contributed by atoms with van der Waals surface area (Å²) in [5.41, 5.74) is 5.62. The fraction of sp³-hybridized carbons (Fsp3) is 0.125. The summed E-state index contributed by atoms with van der Waals surface area (Å²) in [6, 6.07) is 2.21. The quantitative estimate of drug-likeness (QED) is 0.491. The molecule has 2 N–H and O–H groups in total. The molecule has 0 spiro atoms. The Morgan fingerprint density at radius 1 is 1.36 bits per heavy atom. The van der Waals surface area contributed by atoms with E-state index in [2.05, 4.69) is 4.99 Å². The number of hydrogen-bond acceptors (Lipinski definition) is 1. The number of rotatable bonds is 2. The minimum Gasteiger partial charge on any atom is -0.386 e. The maximum Gasteiger partial charge on any atom is 0.126 e. The Kier molecular flexibility index (Phi) is 3.98. The number of amidine groups is 1. The molecule has 1 rings (SSSR count). The predicted octanol–water partition coefficient (Wildman–Crippen LogP) is 3.36.